The number of nitrogens with zero attached hydrogens (tertiary/aromatic N) is 1. The van der Waals surface area contributed by atoms with E-state index >= 15 is 0 Å². The molecule has 24 heavy (non-hydrogen) atoms. The van der Waals surface area contributed by atoms with E-state index in [1.165, 1.54) is 18.1 Å². The highest BCUT2D eigenvalue weighted by Gasteiger charge is 2.27. The number of carbonyl (C=O) groups excluding carboxylic acids is 2. The Hall–Kier alpha value is -2.02. The van der Waals surface area contributed by atoms with Crippen molar-refractivity contribution < 1.29 is 27.8 Å². The molecule has 1 heterocycles. The van der Waals surface area contributed by atoms with Gasteiger partial charge in [-0.2, -0.15) is 0 Å². The Balaban J connectivity index is 2.17. The van der Waals surface area contributed by atoms with Gasteiger partial charge in [0.25, 0.3) is 5.91 Å². The van der Waals surface area contributed by atoms with Crippen LogP contribution in [0.2, 0.25) is 0 Å². The number of methoxy groups -OCH3 is 1. The predicted molar refractivity (Wildman–Crippen MR) is 82.4 cm³/mol. The molecule has 1 aromatic carbocycles. The van der Waals surface area contributed by atoms with E-state index in [9.17, 15) is 18.4 Å². The summed E-state index contributed by atoms with van der Waals surface area (Å²) in [6.45, 7) is 2.68. The van der Waals surface area contributed by atoms with Crippen LogP contribution in [0.5, 0.6) is 0 Å². The molecule has 0 aromatic heterocycles. The summed E-state index contributed by atoms with van der Waals surface area (Å²) in [6, 6.07) is 3.01. The normalized spacial score (nSPS) is 18.2. The summed E-state index contributed by atoms with van der Waals surface area (Å²) >= 11 is 0. The van der Waals surface area contributed by atoms with Crippen molar-refractivity contribution in [1.82, 2.24) is 4.90 Å². The van der Waals surface area contributed by atoms with Crippen LogP contribution in [-0.2, 0) is 14.3 Å². The highest BCUT2D eigenvalue weighted by molar-refractivity contribution is 5.94. The van der Waals surface area contributed by atoms with Gasteiger partial charge in [0.15, 0.2) is 11.6 Å². The largest absolute Gasteiger partial charge is 0.469 e. The summed E-state index contributed by atoms with van der Waals surface area (Å²) < 4.78 is 36.7. The van der Waals surface area contributed by atoms with Crippen molar-refractivity contribution in [1.29, 1.82) is 0 Å². The number of carbonyl (C=O) groups is 2. The molecule has 1 fully saturated rings. The number of halogens is 2. The molecule has 7 heteroatoms. The number of esters is 1. The van der Waals surface area contributed by atoms with Gasteiger partial charge in [0.05, 0.1) is 19.1 Å². The number of hydrogen-bond donors (Lipinski definition) is 0. The molecule has 2 rings (SSSR count). The lowest BCUT2D eigenvalue weighted by Crippen LogP contribution is -2.41. The topological polar surface area (TPSA) is 55.8 Å². The van der Waals surface area contributed by atoms with E-state index < -0.39 is 29.4 Å². The quantitative estimate of drug-likeness (QED) is 0.746. The molecule has 1 aliphatic heterocycles. The van der Waals surface area contributed by atoms with Crippen LogP contribution in [0.1, 0.15) is 30.1 Å². The first-order valence-corrected chi connectivity index (χ1v) is 7.86. The highest BCUT2D eigenvalue weighted by Crippen LogP contribution is 2.18. The monoisotopic (exact) mass is 341 g/mol. The molecule has 5 nitrogen and oxygen atoms in total. The molecule has 0 spiro atoms. The molecular formula is C17H21F2NO4. The molecule has 1 saturated heterocycles. The van der Waals surface area contributed by atoms with E-state index in [1.807, 2.05) is 0 Å². The Morgan fingerprint density at radius 3 is 2.71 bits per heavy atom. The summed E-state index contributed by atoms with van der Waals surface area (Å²) in [4.78, 5) is 25.7. The molecule has 1 aromatic rings. The number of benzene rings is 1. The maximum atomic E-state index is 13.4. The minimum atomic E-state index is -1.08. The van der Waals surface area contributed by atoms with Crippen LogP contribution in [-0.4, -0.2) is 49.7 Å². The zero-order chi connectivity index (χ0) is 17.7. The number of amides is 1. The Labute approximate surface area is 139 Å². The third kappa shape index (κ3) is 4.50. The summed E-state index contributed by atoms with van der Waals surface area (Å²) in [6.07, 6.45) is 1.60. The molecule has 0 bridgehead atoms. The van der Waals surface area contributed by atoms with Crippen molar-refractivity contribution in [2.75, 3.05) is 26.8 Å². The van der Waals surface area contributed by atoms with Gasteiger partial charge in [-0.15, -0.1) is 0 Å². The second kappa shape index (κ2) is 8.19. The predicted octanol–water partition coefficient (Wildman–Crippen LogP) is 2.40. The standard InChI is InChI=1S/C17H21F2NO4/c1-11(17(22)23-2)9-20(10-13-4-3-7-24-13)16(21)12-5-6-14(18)15(19)8-12/h5-6,8,11,13H,3-4,7,9-10H2,1-2H3. The lowest BCUT2D eigenvalue weighted by molar-refractivity contribution is -0.145. The zero-order valence-electron chi connectivity index (χ0n) is 13.8. The van der Waals surface area contributed by atoms with Gasteiger partial charge in [-0.25, -0.2) is 8.78 Å². The Morgan fingerprint density at radius 1 is 1.38 bits per heavy atom. The van der Waals surface area contributed by atoms with Gasteiger partial charge in [0.2, 0.25) is 0 Å². The smallest absolute Gasteiger partial charge is 0.310 e. The zero-order valence-corrected chi connectivity index (χ0v) is 13.8. The number of ether oxygens (including phenoxy) is 2. The van der Waals surface area contributed by atoms with E-state index in [4.69, 9.17) is 4.74 Å². The van der Waals surface area contributed by atoms with Crippen molar-refractivity contribution in [3.63, 3.8) is 0 Å². The van der Waals surface area contributed by atoms with E-state index in [1.54, 1.807) is 6.92 Å². The molecule has 132 valence electrons. The van der Waals surface area contributed by atoms with Crippen LogP contribution in [0.25, 0.3) is 0 Å². The van der Waals surface area contributed by atoms with Crippen LogP contribution in [0.4, 0.5) is 8.78 Å². The van der Waals surface area contributed by atoms with E-state index in [0.717, 1.165) is 25.0 Å². The SMILES string of the molecule is COC(=O)C(C)CN(CC1CCCO1)C(=O)c1ccc(F)c(F)c1. The molecule has 0 N–H and O–H groups in total. The van der Waals surface area contributed by atoms with Crippen LogP contribution in [0, 0.1) is 17.6 Å². The number of hydrogen-bond acceptors (Lipinski definition) is 4. The van der Waals surface area contributed by atoms with Gasteiger partial charge in [-0.05, 0) is 31.0 Å². The van der Waals surface area contributed by atoms with Crippen LogP contribution in [0.3, 0.4) is 0 Å². The Bertz CT molecular complexity index is 602. The van der Waals surface area contributed by atoms with Gasteiger partial charge < -0.3 is 14.4 Å². The molecule has 0 radical (unpaired) electrons. The first kappa shape index (κ1) is 18.3. The molecule has 2 atom stereocenters. The molecule has 2 unspecified atom stereocenters. The minimum absolute atomic E-state index is 0.0314. The fraction of sp³-hybridized carbons (Fsp3) is 0.529. The minimum Gasteiger partial charge on any atom is -0.469 e. The van der Waals surface area contributed by atoms with Crippen molar-refractivity contribution >= 4 is 11.9 Å². The second-order valence-corrected chi connectivity index (χ2v) is 5.90. The van der Waals surface area contributed by atoms with E-state index in [2.05, 4.69) is 4.74 Å². The second-order valence-electron chi connectivity index (χ2n) is 5.90. The summed E-state index contributed by atoms with van der Waals surface area (Å²) in [7, 11) is 1.28. The summed E-state index contributed by atoms with van der Waals surface area (Å²) in [5.74, 6) is -3.55. The average Bonchev–Trinajstić information content (AvgIpc) is 3.08. The third-order valence-electron chi connectivity index (χ3n) is 4.00. The fourth-order valence-electron chi connectivity index (χ4n) is 2.69. The summed E-state index contributed by atoms with van der Waals surface area (Å²) in [5.41, 5.74) is 0.0314. The van der Waals surface area contributed by atoms with Crippen molar-refractivity contribution in [2.45, 2.75) is 25.9 Å². The van der Waals surface area contributed by atoms with Crippen LogP contribution < -0.4 is 0 Å². The third-order valence-corrected chi connectivity index (χ3v) is 4.00. The molecule has 0 saturated carbocycles. The van der Waals surface area contributed by atoms with E-state index in [-0.39, 0.29) is 18.2 Å². The molecule has 1 amide bonds. The van der Waals surface area contributed by atoms with Gasteiger partial charge in [-0.3, -0.25) is 9.59 Å². The Kier molecular flexibility index (Phi) is 6.25. The number of rotatable bonds is 6. The first-order valence-electron chi connectivity index (χ1n) is 7.86. The van der Waals surface area contributed by atoms with Gasteiger partial charge in [0.1, 0.15) is 0 Å². The maximum absolute atomic E-state index is 13.4. The van der Waals surface area contributed by atoms with Gasteiger partial charge in [-0.1, -0.05) is 6.92 Å². The Morgan fingerprint density at radius 2 is 2.12 bits per heavy atom. The fourth-order valence-corrected chi connectivity index (χ4v) is 2.69. The first-order chi connectivity index (χ1) is 11.4. The molecular weight excluding hydrogens is 320 g/mol. The lowest BCUT2D eigenvalue weighted by Gasteiger charge is -2.27. The molecule has 1 aliphatic rings. The maximum Gasteiger partial charge on any atom is 0.310 e. The molecule has 0 aliphatic carbocycles. The van der Waals surface area contributed by atoms with Crippen molar-refractivity contribution in [3.8, 4) is 0 Å². The summed E-state index contributed by atoms with van der Waals surface area (Å²) in [5, 5.41) is 0. The van der Waals surface area contributed by atoms with E-state index in [0.29, 0.717) is 13.2 Å². The van der Waals surface area contributed by atoms with Crippen LogP contribution >= 0.6 is 0 Å². The lowest BCUT2D eigenvalue weighted by atomic mass is 10.1. The van der Waals surface area contributed by atoms with Crippen molar-refractivity contribution in [2.24, 2.45) is 5.92 Å². The highest BCUT2D eigenvalue weighted by atomic mass is 19.2. The van der Waals surface area contributed by atoms with Crippen molar-refractivity contribution in [3.05, 3.63) is 35.4 Å². The average molecular weight is 341 g/mol. The van der Waals surface area contributed by atoms with Gasteiger partial charge >= 0.3 is 5.97 Å². The van der Waals surface area contributed by atoms with Gasteiger partial charge in [0, 0.05) is 25.3 Å². The van der Waals surface area contributed by atoms with Crippen LogP contribution in [0.15, 0.2) is 18.2 Å².